The minimum Gasteiger partial charge on any atom is -0.458 e. The number of halogens is 1. The van der Waals surface area contributed by atoms with E-state index in [9.17, 15) is 43.5 Å². The molecule has 2 aliphatic carbocycles. The van der Waals surface area contributed by atoms with Crippen LogP contribution in [0.2, 0.25) is 0 Å². The van der Waals surface area contributed by atoms with Crippen LogP contribution in [0.4, 0.5) is 4.39 Å². The number of benzene rings is 1. The highest BCUT2D eigenvalue weighted by Crippen LogP contribution is 2.46. The molecule has 0 spiro atoms. The molecule has 5 atom stereocenters. The molecule has 5 aliphatic rings. The fourth-order valence-corrected chi connectivity index (χ4v) is 11.3. The molecule has 1 saturated heterocycles. The molecule has 1 unspecified atom stereocenters. The van der Waals surface area contributed by atoms with Crippen molar-refractivity contribution >= 4 is 52.3 Å². The maximum absolute atomic E-state index is 15.5. The van der Waals surface area contributed by atoms with E-state index in [1.54, 1.807) is 40.7 Å². The first kappa shape index (κ1) is 66.6. The van der Waals surface area contributed by atoms with E-state index in [4.69, 9.17) is 47.6 Å². The van der Waals surface area contributed by atoms with E-state index in [0.717, 1.165) is 18.4 Å². The normalized spacial score (nSPS) is 19.2. The van der Waals surface area contributed by atoms with Gasteiger partial charge in [-0.1, -0.05) is 20.8 Å². The number of amides is 6. The quantitative estimate of drug-likeness (QED) is 0.0244. The molecule has 5 N–H and O–H groups in total. The summed E-state index contributed by atoms with van der Waals surface area (Å²) in [5.74, 6) is -3.51. The van der Waals surface area contributed by atoms with E-state index in [1.807, 2.05) is 0 Å². The van der Waals surface area contributed by atoms with Crippen molar-refractivity contribution in [2.45, 2.75) is 123 Å². The van der Waals surface area contributed by atoms with Crippen LogP contribution in [0, 0.1) is 30.5 Å². The molecule has 0 radical (unpaired) electrons. The third-order valence-electron chi connectivity index (χ3n) is 16.4. The molecule has 3 aliphatic heterocycles. The van der Waals surface area contributed by atoms with E-state index in [-0.39, 0.29) is 106 Å². The number of imide groups is 1. The maximum atomic E-state index is 15.5. The van der Waals surface area contributed by atoms with E-state index in [0.29, 0.717) is 150 Å². The second kappa shape index (κ2) is 31.7. The van der Waals surface area contributed by atoms with Gasteiger partial charge in [0.1, 0.15) is 24.5 Å². The van der Waals surface area contributed by atoms with E-state index in [1.165, 1.54) is 15.5 Å². The number of hydrogen-bond donors (Lipinski definition) is 5. The highest BCUT2D eigenvalue weighted by Gasteiger charge is 2.48. The Kier molecular flexibility index (Phi) is 24.3. The monoisotopic (exact) mass is 1220 g/mol. The number of hydrogen-bond acceptors (Lipinski definition) is 19. The molecule has 2 fully saturated rings. The van der Waals surface area contributed by atoms with Gasteiger partial charge < -0.3 is 73.6 Å². The number of aryl methyl sites for hydroxylation is 1. The van der Waals surface area contributed by atoms with Crippen molar-refractivity contribution in [2.24, 2.45) is 17.8 Å². The van der Waals surface area contributed by atoms with Gasteiger partial charge in [0.05, 0.1) is 147 Å². The lowest BCUT2D eigenvalue weighted by atomic mass is 9.81. The van der Waals surface area contributed by atoms with Crippen LogP contribution in [-0.4, -0.2) is 192 Å². The lowest BCUT2D eigenvalue weighted by Crippen LogP contribution is -2.55. The number of aliphatic hydroxyl groups is 1. The minimum absolute atomic E-state index is 0.0171. The van der Waals surface area contributed by atoms with Gasteiger partial charge in [-0.3, -0.25) is 38.5 Å². The second-order valence-electron chi connectivity index (χ2n) is 22.7. The third-order valence-corrected chi connectivity index (χ3v) is 16.4. The summed E-state index contributed by atoms with van der Waals surface area (Å²) in [6, 6.07) is 0.300. The molecule has 25 nitrogen and oxygen atoms in total. The van der Waals surface area contributed by atoms with Gasteiger partial charge in [-0.25, -0.2) is 14.2 Å². The number of aromatic nitrogens is 2. The van der Waals surface area contributed by atoms with E-state index >= 15 is 4.39 Å². The molecule has 5 heterocycles. The number of rotatable bonds is 38. The number of ether oxygens (including phenoxy) is 9. The molecular formula is C61H84FN7O18. The van der Waals surface area contributed by atoms with Gasteiger partial charge in [0.25, 0.3) is 5.56 Å². The fourth-order valence-electron chi connectivity index (χ4n) is 11.3. The van der Waals surface area contributed by atoms with Crippen LogP contribution < -0.4 is 26.8 Å². The summed E-state index contributed by atoms with van der Waals surface area (Å²) in [7, 11) is 0. The zero-order valence-electron chi connectivity index (χ0n) is 50.5. The highest BCUT2D eigenvalue weighted by molar-refractivity contribution is 6.04. The summed E-state index contributed by atoms with van der Waals surface area (Å²) >= 11 is 0. The van der Waals surface area contributed by atoms with E-state index < -0.39 is 58.8 Å². The molecule has 1 saturated carbocycles. The number of carbonyl (C=O) groups excluding carboxylic acids is 7. The average Bonchev–Trinajstić information content (AvgIpc) is 1.67. The Labute approximate surface area is 504 Å². The Bertz CT molecular complexity index is 3030. The number of cyclic esters (lactones) is 1. The van der Waals surface area contributed by atoms with Gasteiger partial charge >= 0.3 is 5.97 Å². The first-order valence-corrected chi connectivity index (χ1v) is 30.4. The van der Waals surface area contributed by atoms with Crippen LogP contribution in [-0.2, 0) is 101 Å². The molecule has 478 valence electrons. The number of nitrogens with zero attached hydrogens (tertiary/aromatic N) is 3. The summed E-state index contributed by atoms with van der Waals surface area (Å²) in [5.41, 5.74) is 1.36. The van der Waals surface area contributed by atoms with Gasteiger partial charge in [0.15, 0.2) is 5.60 Å². The molecule has 1 aromatic carbocycles. The van der Waals surface area contributed by atoms with Gasteiger partial charge in [-0.05, 0) is 80.5 Å². The zero-order valence-corrected chi connectivity index (χ0v) is 50.5. The van der Waals surface area contributed by atoms with Crippen LogP contribution in [0.3, 0.4) is 0 Å². The summed E-state index contributed by atoms with van der Waals surface area (Å²) in [4.78, 5) is 110. The van der Waals surface area contributed by atoms with Crippen LogP contribution in [0.5, 0.6) is 0 Å². The van der Waals surface area contributed by atoms with Crippen molar-refractivity contribution < 1.29 is 85.7 Å². The maximum Gasteiger partial charge on any atom is 0.343 e. The molecule has 26 heteroatoms. The number of likely N-dealkylation sites (tertiary alicyclic amines) is 1. The fraction of sp³-hybridized carbons (Fsp3) is 0.656. The molecule has 0 bridgehead atoms. The van der Waals surface area contributed by atoms with Crippen molar-refractivity contribution in [3.8, 4) is 11.4 Å². The minimum atomic E-state index is -2.04. The van der Waals surface area contributed by atoms with Gasteiger partial charge in [-0.2, -0.15) is 0 Å². The summed E-state index contributed by atoms with van der Waals surface area (Å²) < 4.78 is 66.4. The Balaban J connectivity index is 0.621. The smallest absolute Gasteiger partial charge is 0.343 e. The molecule has 3 aromatic rings. The number of nitrogens with one attached hydrogen (secondary N) is 4. The van der Waals surface area contributed by atoms with Gasteiger partial charge in [-0.15, -0.1) is 0 Å². The molecular weight excluding hydrogens is 1140 g/mol. The number of fused-ring (bicyclic) bond motifs is 5. The predicted octanol–water partition coefficient (Wildman–Crippen LogP) is 2.09. The molecule has 8 rings (SSSR count). The number of pyridine rings is 2. The Morgan fingerprint density at radius 2 is 1.33 bits per heavy atom. The summed E-state index contributed by atoms with van der Waals surface area (Å²) in [6.45, 7) is 14.2. The largest absolute Gasteiger partial charge is 0.458 e. The van der Waals surface area contributed by atoms with Crippen molar-refractivity contribution in [2.75, 3.05) is 119 Å². The number of carbonyl (C=O) groups is 7. The predicted molar refractivity (Wildman–Crippen MR) is 309 cm³/mol. The second-order valence-corrected chi connectivity index (χ2v) is 22.7. The highest BCUT2D eigenvalue weighted by atomic mass is 19.1. The third kappa shape index (κ3) is 16.9. The summed E-state index contributed by atoms with van der Waals surface area (Å²) in [5, 5.41) is 23.4. The average molecular weight is 1220 g/mol. The molecule has 2 aromatic heterocycles. The lowest BCUT2D eigenvalue weighted by Gasteiger charge is -2.31. The van der Waals surface area contributed by atoms with Crippen LogP contribution in [0.15, 0.2) is 16.9 Å². The molecule has 6 amide bonds. The van der Waals surface area contributed by atoms with Gasteiger partial charge in [0.2, 0.25) is 35.4 Å². The zero-order chi connectivity index (χ0) is 62.2. The Morgan fingerprint density at radius 3 is 1.91 bits per heavy atom. The topological polar surface area (TPSA) is 309 Å². The molecule has 87 heavy (non-hydrogen) atoms. The van der Waals surface area contributed by atoms with Crippen molar-refractivity contribution in [3.05, 3.63) is 61.7 Å². The standard InChI is InChI=1S/C61H84FN7O18/c1-6-61(78)44-32-48-55-42(34-69(48)59(76)43(44)35-87-60(61)77)53-46(10-9-40-37(4)45(62)33-47(65-55)52(40)53)66-56(73)38(5)64-57(74)54(36(2)3)67-50(71)12-15-79-17-19-81-21-23-83-25-27-85-29-30-86-28-26-84-24-22-82-20-18-80-16-13-63-49(70)11-14-68-51(72)31-41(58(68)75)39-7-8-39/h32-33,36,38-39,41,46,54,78H,6-31,34-35H2,1-5H3,(H,63,70)(H,64,74)(H,66,73)(H,67,71)/t38-,41?,46-,54+,61-/m0/s1. The van der Waals surface area contributed by atoms with Crippen molar-refractivity contribution in [1.29, 1.82) is 0 Å². The first-order valence-electron chi connectivity index (χ1n) is 30.4. The van der Waals surface area contributed by atoms with Crippen molar-refractivity contribution in [1.82, 2.24) is 35.7 Å². The van der Waals surface area contributed by atoms with Crippen molar-refractivity contribution in [3.63, 3.8) is 0 Å². The number of esters is 1. The Hall–Kier alpha value is -6.36. The Morgan fingerprint density at radius 1 is 0.747 bits per heavy atom. The summed E-state index contributed by atoms with van der Waals surface area (Å²) in [6.07, 6.45) is 3.09. The van der Waals surface area contributed by atoms with Crippen LogP contribution in [0.1, 0.15) is 112 Å². The van der Waals surface area contributed by atoms with Crippen LogP contribution in [0.25, 0.3) is 22.3 Å². The van der Waals surface area contributed by atoms with E-state index in [2.05, 4.69) is 21.3 Å². The SMILES string of the molecule is CC[C@@]1(O)C(=O)OCc2c1cc1n(c2=O)Cc2c-1nc1cc(F)c(C)c3c1c2[C@@H](NC(=O)[C@H](C)NC(=O)[C@H](NC(=O)CCOCCOCCOCCOCCOCCOCCOCCOCCNC(=O)CCN1C(=O)CC(C2CC2)C1=O)C(C)C)CC3. The van der Waals surface area contributed by atoms with Gasteiger partial charge in [0, 0.05) is 54.9 Å². The van der Waals surface area contributed by atoms with Crippen LogP contribution >= 0.6 is 0 Å². The lowest BCUT2D eigenvalue weighted by molar-refractivity contribution is -0.172. The first-order chi connectivity index (χ1) is 41.9.